The van der Waals surface area contributed by atoms with Gasteiger partial charge in [0, 0.05) is 23.4 Å². The van der Waals surface area contributed by atoms with Crippen molar-refractivity contribution in [3.63, 3.8) is 0 Å². The fraction of sp³-hybridized carbons (Fsp3) is 0.435. The molecule has 0 spiro atoms. The van der Waals surface area contributed by atoms with Crippen LogP contribution in [0.1, 0.15) is 51.9 Å². The topological polar surface area (TPSA) is 59.3 Å². The second-order valence-corrected chi connectivity index (χ2v) is 7.88. The van der Waals surface area contributed by atoms with Crippen LogP contribution in [0.3, 0.4) is 0 Å². The number of hydrogen-bond acceptors (Lipinski definition) is 3. The molecule has 4 rings (SSSR count). The molecule has 1 saturated carbocycles. The van der Waals surface area contributed by atoms with Gasteiger partial charge in [-0.25, -0.2) is 0 Å². The minimum atomic E-state index is 0.135. The van der Waals surface area contributed by atoms with E-state index in [1.165, 1.54) is 32.1 Å². The number of hydrogen-bond donors (Lipinski definition) is 1. The second-order valence-electron chi connectivity index (χ2n) is 7.88. The lowest BCUT2D eigenvalue weighted by Crippen LogP contribution is -2.27. The average Bonchev–Trinajstić information content (AvgIpc) is 3.17. The van der Waals surface area contributed by atoms with Crippen LogP contribution >= 0.6 is 0 Å². The monoisotopic (exact) mass is 376 g/mol. The van der Waals surface area contributed by atoms with Crippen LogP contribution in [-0.2, 0) is 4.79 Å². The fourth-order valence-corrected chi connectivity index (χ4v) is 4.22. The number of carbonyl (C=O) groups excluding carboxylic acids is 1. The number of aromatic nitrogens is 3. The van der Waals surface area contributed by atoms with E-state index in [2.05, 4.69) is 22.4 Å². The Morgan fingerprint density at radius 1 is 1.11 bits per heavy atom. The number of anilines is 1. The molecule has 1 fully saturated rings. The van der Waals surface area contributed by atoms with E-state index in [-0.39, 0.29) is 11.8 Å². The van der Waals surface area contributed by atoms with Gasteiger partial charge in [-0.3, -0.25) is 9.20 Å². The number of carbonyl (C=O) groups is 1. The summed E-state index contributed by atoms with van der Waals surface area (Å²) in [5.74, 6) is 1.88. The number of pyridine rings is 1. The normalized spacial score (nSPS) is 19.6. The second kappa shape index (κ2) is 8.55. The summed E-state index contributed by atoms with van der Waals surface area (Å²) in [6, 6.07) is 13.7. The summed E-state index contributed by atoms with van der Waals surface area (Å²) in [5.41, 5.74) is 2.58. The molecule has 28 heavy (non-hydrogen) atoms. The standard InChI is InChI=1S/C23H28N4O/c1-2-3-7-17-11-13-18(14-12-17)23(28)24-20-9-6-8-19(16-20)22-26-25-21-10-4-5-15-27(21)22/h4-6,8-10,15-18H,2-3,7,11-14H2,1H3,(H,24,28). The molecule has 1 aliphatic rings. The minimum Gasteiger partial charge on any atom is -0.326 e. The predicted molar refractivity (Wildman–Crippen MR) is 112 cm³/mol. The molecule has 1 aromatic carbocycles. The lowest BCUT2D eigenvalue weighted by atomic mass is 9.79. The van der Waals surface area contributed by atoms with E-state index >= 15 is 0 Å². The molecule has 146 valence electrons. The van der Waals surface area contributed by atoms with E-state index in [1.54, 1.807) is 0 Å². The van der Waals surface area contributed by atoms with Crippen LogP contribution in [0, 0.1) is 11.8 Å². The van der Waals surface area contributed by atoms with E-state index in [0.29, 0.717) is 0 Å². The highest BCUT2D eigenvalue weighted by atomic mass is 16.1. The molecular formula is C23H28N4O. The van der Waals surface area contributed by atoms with Gasteiger partial charge in [-0.1, -0.05) is 44.4 Å². The first-order chi connectivity index (χ1) is 13.7. The number of nitrogens with one attached hydrogen (secondary N) is 1. The van der Waals surface area contributed by atoms with Crippen molar-refractivity contribution in [1.29, 1.82) is 0 Å². The molecule has 1 aliphatic carbocycles. The Kier molecular flexibility index (Phi) is 5.70. The Hall–Kier alpha value is -2.69. The maximum Gasteiger partial charge on any atom is 0.227 e. The molecule has 0 saturated heterocycles. The fourth-order valence-electron chi connectivity index (χ4n) is 4.22. The molecule has 5 heteroatoms. The van der Waals surface area contributed by atoms with Gasteiger partial charge in [0.2, 0.25) is 5.91 Å². The highest BCUT2D eigenvalue weighted by Crippen LogP contribution is 2.32. The van der Waals surface area contributed by atoms with Gasteiger partial charge in [-0.2, -0.15) is 0 Å². The molecule has 5 nitrogen and oxygen atoms in total. The SMILES string of the molecule is CCCCC1CCC(C(=O)Nc2cccc(-c3nnc4ccccn34)c2)CC1. The molecule has 1 amide bonds. The lowest BCUT2D eigenvalue weighted by molar-refractivity contribution is -0.121. The van der Waals surface area contributed by atoms with Gasteiger partial charge in [-0.15, -0.1) is 10.2 Å². The quantitative estimate of drug-likeness (QED) is 0.632. The highest BCUT2D eigenvalue weighted by molar-refractivity contribution is 5.93. The molecule has 0 aliphatic heterocycles. The molecule has 0 unspecified atom stereocenters. The molecule has 1 N–H and O–H groups in total. The van der Waals surface area contributed by atoms with E-state index in [0.717, 1.165) is 41.5 Å². The molecule has 0 bridgehead atoms. The predicted octanol–water partition coefficient (Wildman–Crippen LogP) is 5.33. The largest absolute Gasteiger partial charge is 0.326 e. The highest BCUT2D eigenvalue weighted by Gasteiger charge is 2.26. The van der Waals surface area contributed by atoms with Crippen LogP contribution in [0.5, 0.6) is 0 Å². The van der Waals surface area contributed by atoms with E-state index in [4.69, 9.17) is 0 Å². The van der Waals surface area contributed by atoms with Crippen molar-refractivity contribution in [2.24, 2.45) is 11.8 Å². The number of fused-ring (bicyclic) bond motifs is 1. The summed E-state index contributed by atoms with van der Waals surface area (Å²) in [7, 11) is 0. The van der Waals surface area contributed by atoms with Gasteiger partial charge in [-0.05, 0) is 55.9 Å². The van der Waals surface area contributed by atoms with Crippen molar-refractivity contribution in [3.8, 4) is 11.4 Å². The summed E-state index contributed by atoms with van der Waals surface area (Å²) in [6.45, 7) is 2.25. The van der Waals surface area contributed by atoms with Crippen LogP contribution in [0.25, 0.3) is 17.0 Å². The summed E-state index contributed by atoms with van der Waals surface area (Å²) >= 11 is 0. The number of benzene rings is 1. The first-order valence-electron chi connectivity index (χ1n) is 10.5. The Morgan fingerprint density at radius 2 is 1.96 bits per heavy atom. The van der Waals surface area contributed by atoms with Crippen molar-refractivity contribution in [3.05, 3.63) is 48.7 Å². The maximum absolute atomic E-state index is 12.8. The maximum atomic E-state index is 12.8. The Balaban J connectivity index is 1.42. The van der Waals surface area contributed by atoms with Crippen molar-refractivity contribution >= 4 is 17.2 Å². The minimum absolute atomic E-state index is 0.135. The Labute approximate surface area is 166 Å². The van der Waals surface area contributed by atoms with Gasteiger partial charge in [0.25, 0.3) is 0 Å². The summed E-state index contributed by atoms with van der Waals surface area (Å²) in [4.78, 5) is 12.8. The zero-order valence-electron chi connectivity index (χ0n) is 16.5. The molecule has 0 atom stereocenters. The zero-order valence-corrected chi connectivity index (χ0v) is 16.5. The molecule has 3 aromatic rings. The van der Waals surface area contributed by atoms with Crippen molar-refractivity contribution < 1.29 is 4.79 Å². The lowest BCUT2D eigenvalue weighted by Gasteiger charge is -2.27. The van der Waals surface area contributed by atoms with Gasteiger partial charge in [0.1, 0.15) is 0 Å². The van der Waals surface area contributed by atoms with Crippen molar-refractivity contribution in [1.82, 2.24) is 14.6 Å². The smallest absolute Gasteiger partial charge is 0.227 e. The number of unbranched alkanes of at least 4 members (excludes halogenated alkanes) is 1. The Morgan fingerprint density at radius 3 is 2.79 bits per heavy atom. The van der Waals surface area contributed by atoms with Crippen LogP contribution in [0.4, 0.5) is 5.69 Å². The van der Waals surface area contributed by atoms with Crippen LogP contribution in [0.15, 0.2) is 48.7 Å². The summed E-state index contributed by atoms with van der Waals surface area (Å²) < 4.78 is 1.96. The van der Waals surface area contributed by atoms with Crippen molar-refractivity contribution in [2.45, 2.75) is 51.9 Å². The number of rotatable bonds is 6. The third kappa shape index (κ3) is 4.08. The van der Waals surface area contributed by atoms with Gasteiger partial charge in [0.15, 0.2) is 11.5 Å². The van der Waals surface area contributed by atoms with Crippen LogP contribution < -0.4 is 5.32 Å². The summed E-state index contributed by atoms with van der Waals surface area (Å²) in [6.07, 6.45) is 10.2. The first kappa shape index (κ1) is 18.7. The van der Waals surface area contributed by atoms with E-state index in [1.807, 2.05) is 53.1 Å². The molecule has 2 heterocycles. The first-order valence-corrected chi connectivity index (χ1v) is 10.5. The Bertz CT molecular complexity index is 940. The zero-order chi connectivity index (χ0) is 19.3. The number of nitrogens with zero attached hydrogens (tertiary/aromatic N) is 3. The molecule has 0 radical (unpaired) electrons. The average molecular weight is 377 g/mol. The molecule has 2 aromatic heterocycles. The summed E-state index contributed by atoms with van der Waals surface area (Å²) in [5, 5.41) is 11.6. The van der Waals surface area contributed by atoms with Gasteiger partial charge in [0.05, 0.1) is 0 Å². The number of amides is 1. The van der Waals surface area contributed by atoms with Crippen LogP contribution in [0.2, 0.25) is 0 Å². The van der Waals surface area contributed by atoms with Gasteiger partial charge >= 0.3 is 0 Å². The third-order valence-electron chi connectivity index (χ3n) is 5.89. The molecular weight excluding hydrogens is 348 g/mol. The van der Waals surface area contributed by atoms with E-state index < -0.39 is 0 Å². The van der Waals surface area contributed by atoms with E-state index in [9.17, 15) is 4.79 Å². The van der Waals surface area contributed by atoms with Gasteiger partial charge < -0.3 is 5.32 Å². The van der Waals surface area contributed by atoms with Crippen LogP contribution in [-0.4, -0.2) is 20.5 Å². The third-order valence-corrected chi connectivity index (χ3v) is 5.89. The van der Waals surface area contributed by atoms with Crippen molar-refractivity contribution in [2.75, 3.05) is 5.32 Å².